The number of ether oxygens (including phenoxy) is 1. The second-order valence-corrected chi connectivity index (χ2v) is 5.33. The first kappa shape index (κ1) is 13.4. The van der Waals surface area contributed by atoms with E-state index in [1.807, 2.05) is 18.2 Å². The SMILES string of the molecule is COc1ccccc1CC(O)C1CCCCCC1. The summed E-state index contributed by atoms with van der Waals surface area (Å²) in [5.41, 5.74) is 1.12. The molecule has 2 rings (SSSR count). The fraction of sp³-hybridized carbons (Fsp3) is 0.625. The molecule has 2 heteroatoms. The summed E-state index contributed by atoms with van der Waals surface area (Å²) < 4.78 is 5.35. The molecule has 0 amide bonds. The van der Waals surface area contributed by atoms with Crippen molar-refractivity contribution in [2.75, 3.05) is 7.11 Å². The lowest BCUT2D eigenvalue weighted by molar-refractivity contribution is 0.0979. The molecule has 1 aliphatic rings. The highest BCUT2D eigenvalue weighted by Gasteiger charge is 2.21. The van der Waals surface area contributed by atoms with Crippen LogP contribution in [0.5, 0.6) is 5.75 Å². The first-order valence-electron chi connectivity index (χ1n) is 7.11. The van der Waals surface area contributed by atoms with Gasteiger partial charge < -0.3 is 9.84 Å². The molecule has 1 aromatic carbocycles. The molecule has 0 bridgehead atoms. The smallest absolute Gasteiger partial charge is 0.122 e. The molecule has 2 nitrogen and oxygen atoms in total. The van der Waals surface area contributed by atoms with Gasteiger partial charge in [0.2, 0.25) is 0 Å². The molecule has 0 radical (unpaired) electrons. The zero-order valence-corrected chi connectivity index (χ0v) is 11.3. The highest BCUT2D eigenvalue weighted by Crippen LogP contribution is 2.28. The van der Waals surface area contributed by atoms with E-state index in [1.165, 1.54) is 38.5 Å². The minimum absolute atomic E-state index is 0.223. The van der Waals surface area contributed by atoms with Crippen molar-refractivity contribution in [2.45, 2.75) is 51.0 Å². The van der Waals surface area contributed by atoms with Crippen LogP contribution in [-0.2, 0) is 6.42 Å². The Morgan fingerprint density at radius 2 is 1.83 bits per heavy atom. The molecule has 0 aliphatic heterocycles. The Bertz CT molecular complexity index is 354. The van der Waals surface area contributed by atoms with Crippen molar-refractivity contribution >= 4 is 0 Å². The number of rotatable bonds is 4. The third-order valence-electron chi connectivity index (χ3n) is 4.07. The topological polar surface area (TPSA) is 29.5 Å². The van der Waals surface area contributed by atoms with E-state index in [0.717, 1.165) is 11.3 Å². The van der Waals surface area contributed by atoms with Gasteiger partial charge in [-0.05, 0) is 30.4 Å². The van der Waals surface area contributed by atoms with Crippen molar-refractivity contribution in [2.24, 2.45) is 5.92 Å². The number of aliphatic hydroxyl groups is 1. The van der Waals surface area contributed by atoms with Gasteiger partial charge in [0.15, 0.2) is 0 Å². The summed E-state index contributed by atoms with van der Waals surface area (Å²) in [5, 5.41) is 10.4. The Labute approximate surface area is 110 Å². The Hall–Kier alpha value is -1.02. The molecule has 0 saturated heterocycles. The van der Waals surface area contributed by atoms with Crippen LogP contribution >= 0.6 is 0 Å². The fourth-order valence-corrected chi connectivity index (χ4v) is 2.96. The third kappa shape index (κ3) is 3.49. The van der Waals surface area contributed by atoms with Gasteiger partial charge in [-0.1, -0.05) is 43.9 Å². The van der Waals surface area contributed by atoms with Crippen molar-refractivity contribution < 1.29 is 9.84 Å². The summed E-state index contributed by atoms with van der Waals surface area (Å²) in [5.74, 6) is 1.36. The van der Waals surface area contributed by atoms with E-state index in [2.05, 4.69) is 6.07 Å². The predicted octanol–water partition coefficient (Wildman–Crippen LogP) is 3.57. The normalized spacial score (nSPS) is 19.2. The maximum atomic E-state index is 10.4. The molecule has 1 unspecified atom stereocenters. The van der Waals surface area contributed by atoms with Crippen LogP contribution in [-0.4, -0.2) is 18.3 Å². The monoisotopic (exact) mass is 248 g/mol. The Morgan fingerprint density at radius 1 is 1.17 bits per heavy atom. The molecule has 1 fully saturated rings. The van der Waals surface area contributed by atoms with Crippen LogP contribution < -0.4 is 4.74 Å². The Balaban J connectivity index is 1.98. The van der Waals surface area contributed by atoms with Crippen molar-refractivity contribution in [1.29, 1.82) is 0 Å². The predicted molar refractivity (Wildman–Crippen MR) is 73.9 cm³/mol. The van der Waals surface area contributed by atoms with E-state index >= 15 is 0 Å². The van der Waals surface area contributed by atoms with Crippen molar-refractivity contribution in [3.63, 3.8) is 0 Å². The number of benzene rings is 1. The van der Waals surface area contributed by atoms with Crippen LogP contribution in [0, 0.1) is 5.92 Å². The summed E-state index contributed by atoms with van der Waals surface area (Å²) in [6, 6.07) is 8.01. The average molecular weight is 248 g/mol. The second-order valence-electron chi connectivity index (χ2n) is 5.33. The van der Waals surface area contributed by atoms with E-state index in [-0.39, 0.29) is 6.10 Å². The highest BCUT2D eigenvalue weighted by molar-refractivity contribution is 5.33. The van der Waals surface area contributed by atoms with Crippen LogP contribution in [0.3, 0.4) is 0 Å². The van der Waals surface area contributed by atoms with Gasteiger partial charge in [0.05, 0.1) is 13.2 Å². The molecule has 0 spiro atoms. The van der Waals surface area contributed by atoms with Crippen LogP contribution in [0.1, 0.15) is 44.1 Å². The van der Waals surface area contributed by atoms with Gasteiger partial charge in [0.25, 0.3) is 0 Å². The standard InChI is InChI=1S/C16H24O2/c1-18-16-11-7-6-10-14(16)12-15(17)13-8-4-2-3-5-9-13/h6-7,10-11,13,15,17H,2-5,8-9,12H2,1H3. The molecule has 1 aliphatic carbocycles. The molecule has 1 atom stereocenters. The van der Waals surface area contributed by atoms with Crippen molar-refractivity contribution in [3.8, 4) is 5.75 Å². The Morgan fingerprint density at radius 3 is 2.50 bits per heavy atom. The minimum atomic E-state index is -0.223. The van der Waals surface area contributed by atoms with E-state index in [0.29, 0.717) is 12.3 Å². The summed E-state index contributed by atoms with van der Waals surface area (Å²) in [6.45, 7) is 0. The van der Waals surface area contributed by atoms with Gasteiger partial charge >= 0.3 is 0 Å². The van der Waals surface area contributed by atoms with Crippen molar-refractivity contribution in [1.82, 2.24) is 0 Å². The van der Waals surface area contributed by atoms with E-state index in [1.54, 1.807) is 7.11 Å². The van der Waals surface area contributed by atoms with Crippen LogP contribution in [0.25, 0.3) is 0 Å². The lowest BCUT2D eigenvalue weighted by Crippen LogP contribution is -2.22. The number of hydrogen-bond acceptors (Lipinski definition) is 2. The van der Waals surface area contributed by atoms with Crippen LogP contribution in [0.4, 0.5) is 0 Å². The Kier molecular flexibility index (Phi) is 5.06. The van der Waals surface area contributed by atoms with E-state index < -0.39 is 0 Å². The number of para-hydroxylation sites is 1. The lowest BCUT2D eigenvalue weighted by atomic mass is 9.90. The van der Waals surface area contributed by atoms with Crippen LogP contribution in [0.15, 0.2) is 24.3 Å². The van der Waals surface area contributed by atoms with Gasteiger partial charge in [-0.3, -0.25) is 0 Å². The molecule has 1 aromatic rings. The molecular weight excluding hydrogens is 224 g/mol. The van der Waals surface area contributed by atoms with Gasteiger partial charge in [-0.15, -0.1) is 0 Å². The maximum absolute atomic E-state index is 10.4. The molecule has 0 aromatic heterocycles. The highest BCUT2D eigenvalue weighted by atomic mass is 16.5. The van der Waals surface area contributed by atoms with E-state index in [4.69, 9.17) is 4.74 Å². The van der Waals surface area contributed by atoms with Crippen molar-refractivity contribution in [3.05, 3.63) is 29.8 Å². The van der Waals surface area contributed by atoms with Gasteiger partial charge in [-0.25, -0.2) is 0 Å². The average Bonchev–Trinajstić information content (AvgIpc) is 2.68. The summed E-state index contributed by atoms with van der Waals surface area (Å²) in [7, 11) is 1.69. The van der Waals surface area contributed by atoms with Gasteiger partial charge in [-0.2, -0.15) is 0 Å². The molecule has 100 valence electrons. The summed E-state index contributed by atoms with van der Waals surface area (Å²) in [4.78, 5) is 0. The number of hydrogen-bond donors (Lipinski definition) is 1. The maximum Gasteiger partial charge on any atom is 0.122 e. The first-order chi connectivity index (χ1) is 8.81. The molecular formula is C16H24O2. The molecule has 18 heavy (non-hydrogen) atoms. The number of aliphatic hydroxyl groups excluding tert-OH is 1. The third-order valence-corrected chi connectivity index (χ3v) is 4.07. The lowest BCUT2D eigenvalue weighted by Gasteiger charge is -2.22. The second kappa shape index (κ2) is 6.79. The quantitative estimate of drug-likeness (QED) is 0.825. The van der Waals surface area contributed by atoms with E-state index in [9.17, 15) is 5.11 Å². The zero-order chi connectivity index (χ0) is 12.8. The van der Waals surface area contributed by atoms with Gasteiger partial charge in [0, 0.05) is 6.42 Å². The minimum Gasteiger partial charge on any atom is -0.496 e. The molecule has 1 N–H and O–H groups in total. The summed E-state index contributed by atoms with van der Waals surface area (Å²) >= 11 is 0. The molecule has 0 heterocycles. The fourth-order valence-electron chi connectivity index (χ4n) is 2.96. The zero-order valence-electron chi connectivity index (χ0n) is 11.3. The summed E-state index contributed by atoms with van der Waals surface area (Å²) in [6.07, 6.45) is 8.05. The molecule has 1 saturated carbocycles. The first-order valence-corrected chi connectivity index (χ1v) is 7.11. The number of methoxy groups -OCH3 is 1. The van der Waals surface area contributed by atoms with Crippen LogP contribution in [0.2, 0.25) is 0 Å². The van der Waals surface area contributed by atoms with Gasteiger partial charge in [0.1, 0.15) is 5.75 Å². The largest absolute Gasteiger partial charge is 0.496 e.